The molecule has 0 aliphatic rings. The van der Waals surface area contributed by atoms with Gasteiger partial charge in [-0.15, -0.1) is 0 Å². The molecule has 126 valence electrons. The van der Waals surface area contributed by atoms with E-state index in [0.29, 0.717) is 0 Å². The van der Waals surface area contributed by atoms with E-state index < -0.39 is 53.5 Å². The minimum Gasteiger partial charge on any atom is -0.386 e. The molecule has 22 heavy (non-hydrogen) atoms. The minimum absolute atomic E-state index is 0.202. The van der Waals surface area contributed by atoms with E-state index in [1.54, 1.807) is 0 Å². The van der Waals surface area contributed by atoms with Crippen molar-refractivity contribution in [3.8, 4) is 0 Å². The molecular formula is C14H22O8. The maximum atomic E-state index is 11.9. The van der Waals surface area contributed by atoms with Gasteiger partial charge in [-0.05, 0) is 0 Å². The first kappa shape index (κ1) is 20.5. The highest BCUT2D eigenvalue weighted by molar-refractivity contribution is 6.39. The molecule has 0 amide bonds. The summed E-state index contributed by atoms with van der Waals surface area (Å²) in [7, 11) is 0. The van der Waals surface area contributed by atoms with Crippen LogP contribution in [0.4, 0.5) is 0 Å². The second-order valence-electron chi connectivity index (χ2n) is 4.86. The lowest BCUT2D eigenvalue weighted by Crippen LogP contribution is -2.65. The summed E-state index contributed by atoms with van der Waals surface area (Å²) in [6.45, 7) is 3.99. The molecule has 4 N–H and O–H groups in total. The third-order valence-electron chi connectivity index (χ3n) is 3.46. The van der Waals surface area contributed by atoms with Crippen molar-refractivity contribution in [2.24, 2.45) is 0 Å². The molecule has 0 saturated heterocycles. The zero-order valence-corrected chi connectivity index (χ0v) is 12.8. The Kier molecular flexibility index (Phi) is 7.68. The SMILES string of the molecule is CCC(=O)C(=O)[C@H](O)[C@@](O)(C(=O)CC)[C@H](O)C(O)C(=O)CC. The standard InChI is InChI=1S/C14H22O8/c1-4-7(15)10(18)12(20)14(22,9(17)6-3)13(21)11(19)8(16)5-2/h10,12-13,18,20-22H,4-6H2,1-3H3/t10?,12-,13+,14-/m1/s1. The average molecular weight is 318 g/mol. The van der Waals surface area contributed by atoms with Gasteiger partial charge >= 0.3 is 0 Å². The quantitative estimate of drug-likeness (QED) is 0.348. The summed E-state index contributed by atoms with van der Waals surface area (Å²) >= 11 is 0. The summed E-state index contributed by atoms with van der Waals surface area (Å²) in [5, 5.41) is 39.8. The van der Waals surface area contributed by atoms with E-state index in [1.807, 2.05) is 0 Å². The second kappa shape index (κ2) is 8.23. The van der Waals surface area contributed by atoms with Crippen LogP contribution in [0.5, 0.6) is 0 Å². The molecular weight excluding hydrogens is 296 g/mol. The van der Waals surface area contributed by atoms with Gasteiger partial charge in [-0.3, -0.25) is 19.2 Å². The van der Waals surface area contributed by atoms with Crippen molar-refractivity contribution >= 4 is 23.1 Å². The number of aliphatic hydroxyl groups is 4. The van der Waals surface area contributed by atoms with Crippen molar-refractivity contribution in [3.05, 3.63) is 0 Å². The molecule has 0 radical (unpaired) electrons. The van der Waals surface area contributed by atoms with Gasteiger partial charge in [0.2, 0.25) is 11.6 Å². The number of rotatable bonds is 10. The lowest BCUT2D eigenvalue weighted by atomic mass is 9.78. The van der Waals surface area contributed by atoms with Gasteiger partial charge in [0.15, 0.2) is 23.3 Å². The van der Waals surface area contributed by atoms with Crippen LogP contribution in [0.2, 0.25) is 0 Å². The Morgan fingerprint density at radius 3 is 1.77 bits per heavy atom. The number of Topliss-reactive ketones (excluding diaryl/α,β-unsaturated/α-hetero) is 4. The number of hydrogen-bond acceptors (Lipinski definition) is 8. The fraction of sp³-hybridized carbons (Fsp3) is 0.714. The van der Waals surface area contributed by atoms with E-state index >= 15 is 0 Å². The summed E-state index contributed by atoms with van der Waals surface area (Å²) < 4.78 is 0. The Hall–Kier alpha value is -1.48. The predicted octanol–water partition coefficient (Wildman–Crippen LogP) is -1.69. The molecule has 0 aliphatic carbocycles. The van der Waals surface area contributed by atoms with Gasteiger partial charge in [-0.25, -0.2) is 0 Å². The molecule has 0 bridgehead atoms. The third-order valence-corrected chi connectivity index (χ3v) is 3.46. The van der Waals surface area contributed by atoms with E-state index in [-0.39, 0.29) is 12.8 Å². The van der Waals surface area contributed by atoms with Crippen LogP contribution in [0.1, 0.15) is 40.0 Å². The highest BCUT2D eigenvalue weighted by Crippen LogP contribution is 2.24. The highest BCUT2D eigenvalue weighted by atomic mass is 16.4. The van der Waals surface area contributed by atoms with Crippen LogP contribution in [0, 0.1) is 0 Å². The molecule has 0 saturated carbocycles. The van der Waals surface area contributed by atoms with Gasteiger partial charge in [-0.2, -0.15) is 0 Å². The molecule has 1 unspecified atom stereocenters. The van der Waals surface area contributed by atoms with Crippen molar-refractivity contribution in [2.45, 2.75) is 63.9 Å². The Morgan fingerprint density at radius 1 is 0.909 bits per heavy atom. The number of aliphatic hydroxyl groups excluding tert-OH is 3. The summed E-state index contributed by atoms with van der Waals surface area (Å²) in [5.74, 6) is -4.59. The topological polar surface area (TPSA) is 149 Å². The van der Waals surface area contributed by atoms with Crippen LogP contribution in [0.15, 0.2) is 0 Å². The Bertz CT molecular complexity index is 458. The number of carbonyl (C=O) groups excluding carboxylic acids is 4. The first-order valence-corrected chi connectivity index (χ1v) is 6.98. The summed E-state index contributed by atoms with van der Waals surface area (Å²) in [4.78, 5) is 46.4. The predicted molar refractivity (Wildman–Crippen MR) is 73.9 cm³/mol. The molecule has 8 heteroatoms. The van der Waals surface area contributed by atoms with Crippen LogP contribution in [0.3, 0.4) is 0 Å². The molecule has 8 nitrogen and oxygen atoms in total. The molecule has 4 atom stereocenters. The fourth-order valence-electron chi connectivity index (χ4n) is 1.91. The van der Waals surface area contributed by atoms with Crippen LogP contribution < -0.4 is 0 Å². The van der Waals surface area contributed by atoms with Crippen LogP contribution in [-0.4, -0.2) is 67.5 Å². The largest absolute Gasteiger partial charge is 0.386 e. The summed E-state index contributed by atoms with van der Waals surface area (Å²) in [6, 6.07) is 0. The normalized spacial score (nSPS) is 18.0. The van der Waals surface area contributed by atoms with E-state index in [9.17, 15) is 39.6 Å². The smallest absolute Gasteiger partial charge is 0.230 e. The van der Waals surface area contributed by atoms with Crippen molar-refractivity contribution in [2.75, 3.05) is 0 Å². The Balaban J connectivity index is 5.77. The zero-order valence-electron chi connectivity index (χ0n) is 12.8. The molecule has 0 aliphatic heterocycles. The van der Waals surface area contributed by atoms with Gasteiger partial charge in [0.25, 0.3) is 0 Å². The Morgan fingerprint density at radius 2 is 1.41 bits per heavy atom. The molecule has 0 aromatic carbocycles. The lowest BCUT2D eigenvalue weighted by Gasteiger charge is -2.36. The highest BCUT2D eigenvalue weighted by Gasteiger charge is 2.55. The molecule has 0 aromatic rings. The van der Waals surface area contributed by atoms with E-state index in [0.717, 1.165) is 0 Å². The minimum atomic E-state index is -3.14. The molecule has 0 fully saturated rings. The van der Waals surface area contributed by atoms with Crippen molar-refractivity contribution in [1.29, 1.82) is 0 Å². The van der Waals surface area contributed by atoms with Crippen molar-refractivity contribution in [1.82, 2.24) is 0 Å². The van der Waals surface area contributed by atoms with Crippen molar-refractivity contribution in [3.63, 3.8) is 0 Å². The summed E-state index contributed by atoms with van der Waals surface area (Å²) in [6.07, 6.45) is -8.06. The molecule has 0 heterocycles. The monoisotopic (exact) mass is 318 g/mol. The maximum Gasteiger partial charge on any atom is 0.230 e. The van der Waals surface area contributed by atoms with Gasteiger partial charge in [0, 0.05) is 19.3 Å². The van der Waals surface area contributed by atoms with Crippen molar-refractivity contribution < 1.29 is 39.6 Å². The first-order valence-electron chi connectivity index (χ1n) is 6.98. The van der Waals surface area contributed by atoms with Crippen LogP contribution in [-0.2, 0) is 19.2 Å². The van der Waals surface area contributed by atoms with Gasteiger partial charge in [0.1, 0.15) is 12.2 Å². The summed E-state index contributed by atoms with van der Waals surface area (Å²) in [5.41, 5.74) is -3.14. The van der Waals surface area contributed by atoms with Gasteiger partial charge in [-0.1, -0.05) is 20.8 Å². The van der Waals surface area contributed by atoms with Crippen LogP contribution >= 0.6 is 0 Å². The first-order chi connectivity index (χ1) is 10.1. The number of carbonyl (C=O) groups is 4. The second-order valence-corrected chi connectivity index (χ2v) is 4.86. The number of hydrogen-bond donors (Lipinski definition) is 4. The Labute approximate surface area is 127 Å². The molecule has 0 aromatic heterocycles. The van der Waals surface area contributed by atoms with Gasteiger partial charge < -0.3 is 20.4 Å². The average Bonchev–Trinajstić information content (AvgIpc) is 2.55. The fourth-order valence-corrected chi connectivity index (χ4v) is 1.91. The van der Waals surface area contributed by atoms with Gasteiger partial charge in [0.05, 0.1) is 0 Å². The molecule has 0 spiro atoms. The zero-order chi connectivity index (χ0) is 17.7. The molecule has 0 rings (SSSR count). The lowest BCUT2D eigenvalue weighted by molar-refractivity contribution is -0.191. The van der Waals surface area contributed by atoms with E-state index in [2.05, 4.69) is 0 Å². The van der Waals surface area contributed by atoms with Crippen LogP contribution in [0.25, 0.3) is 0 Å². The van der Waals surface area contributed by atoms with E-state index in [4.69, 9.17) is 0 Å². The third kappa shape index (κ3) is 3.83. The number of ketones is 4. The van der Waals surface area contributed by atoms with E-state index in [1.165, 1.54) is 20.8 Å². The maximum absolute atomic E-state index is 11.9.